The molecule has 2 aliphatic heterocycles. The van der Waals surface area contributed by atoms with E-state index in [0.717, 1.165) is 35.7 Å². The van der Waals surface area contributed by atoms with Gasteiger partial charge in [-0.1, -0.05) is 6.07 Å². The minimum atomic E-state index is -0.211. The summed E-state index contributed by atoms with van der Waals surface area (Å²) >= 11 is 0. The molecule has 0 spiro atoms. The van der Waals surface area contributed by atoms with E-state index in [4.69, 9.17) is 9.47 Å². The summed E-state index contributed by atoms with van der Waals surface area (Å²) in [5.74, 6) is 1.49. The predicted octanol–water partition coefficient (Wildman–Crippen LogP) is 1.27. The highest BCUT2D eigenvalue weighted by Gasteiger charge is 2.26. The van der Waals surface area contributed by atoms with Crippen LogP contribution in [0.15, 0.2) is 30.7 Å². The minimum Gasteiger partial charge on any atom is -0.454 e. The third kappa shape index (κ3) is 3.28. The number of benzene rings is 1. The lowest BCUT2D eigenvalue weighted by Crippen LogP contribution is -2.47. The lowest BCUT2D eigenvalue weighted by molar-refractivity contribution is -0.126. The van der Waals surface area contributed by atoms with Gasteiger partial charge in [0.2, 0.25) is 12.7 Å². The number of nitrogens with zero attached hydrogens (tertiary/aromatic N) is 3. The maximum atomic E-state index is 12.5. The molecule has 2 aliphatic rings. The van der Waals surface area contributed by atoms with E-state index in [1.165, 1.54) is 5.56 Å². The van der Waals surface area contributed by atoms with E-state index in [1.807, 2.05) is 31.3 Å². The lowest BCUT2D eigenvalue weighted by atomic mass is 10.1. The average molecular weight is 340 g/mol. The fourth-order valence-electron chi connectivity index (χ4n) is 3.15. The number of hydrogen-bond donors (Lipinski definition) is 1. The van der Waals surface area contributed by atoms with Gasteiger partial charge in [0.1, 0.15) is 6.33 Å². The molecular formula is C18H20N4O3. The molecule has 7 heteroatoms. The molecule has 0 bridgehead atoms. The summed E-state index contributed by atoms with van der Waals surface area (Å²) in [6.45, 7) is 4.16. The van der Waals surface area contributed by atoms with E-state index in [2.05, 4.69) is 20.2 Å². The summed E-state index contributed by atoms with van der Waals surface area (Å²) < 4.78 is 10.7. The second-order valence-corrected chi connectivity index (χ2v) is 6.30. The van der Waals surface area contributed by atoms with Crippen molar-refractivity contribution in [3.63, 3.8) is 0 Å². The predicted molar refractivity (Wildman–Crippen MR) is 90.0 cm³/mol. The largest absolute Gasteiger partial charge is 0.454 e. The summed E-state index contributed by atoms with van der Waals surface area (Å²) in [5, 5.41) is 3.00. The van der Waals surface area contributed by atoms with Crippen molar-refractivity contribution in [3.05, 3.63) is 47.5 Å². The molecule has 3 heterocycles. The SMILES string of the molecule is C[C@H](C(=O)NCc1ccc2c(c1)OCO2)N1CCc2cncnc2C1. The number of rotatable bonds is 4. The van der Waals surface area contributed by atoms with Crippen LogP contribution in [0.5, 0.6) is 11.5 Å². The van der Waals surface area contributed by atoms with Crippen LogP contribution in [0.2, 0.25) is 0 Å². The molecule has 1 aromatic heterocycles. The Bertz CT molecular complexity index is 796. The summed E-state index contributed by atoms with van der Waals surface area (Å²) in [7, 11) is 0. The Hall–Kier alpha value is -2.67. The molecule has 25 heavy (non-hydrogen) atoms. The van der Waals surface area contributed by atoms with Gasteiger partial charge in [0.25, 0.3) is 0 Å². The number of aromatic nitrogens is 2. The second-order valence-electron chi connectivity index (χ2n) is 6.30. The van der Waals surface area contributed by atoms with Gasteiger partial charge in [0, 0.05) is 25.8 Å². The summed E-state index contributed by atoms with van der Waals surface area (Å²) in [6.07, 6.45) is 4.30. The van der Waals surface area contributed by atoms with Crippen LogP contribution in [0.1, 0.15) is 23.7 Å². The Morgan fingerprint density at radius 2 is 2.24 bits per heavy atom. The van der Waals surface area contributed by atoms with Gasteiger partial charge in [-0.25, -0.2) is 9.97 Å². The van der Waals surface area contributed by atoms with E-state index < -0.39 is 0 Å². The normalized spacial score (nSPS) is 17.0. The van der Waals surface area contributed by atoms with Crippen LogP contribution in [0.25, 0.3) is 0 Å². The maximum absolute atomic E-state index is 12.5. The minimum absolute atomic E-state index is 0.00942. The van der Waals surface area contributed by atoms with Crippen molar-refractivity contribution >= 4 is 5.91 Å². The first kappa shape index (κ1) is 15.8. The van der Waals surface area contributed by atoms with Gasteiger partial charge in [-0.05, 0) is 36.6 Å². The summed E-state index contributed by atoms with van der Waals surface area (Å²) in [4.78, 5) is 23.1. The Labute approximate surface area is 146 Å². The van der Waals surface area contributed by atoms with E-state index in [1.54, 1.807) is 6.33 Å². The summed E-state index contributed by atoms with van der Waals surface area (Å²) in [5.41, 5.74) is 3.17. The number of amides is 1. The number of nitrogens with one attached hydrogen (secondary N) is 1. The average Bonchev–Trinajstić information content (AvgIpc) is 3.13. The number of carbonyl (C=O) groups excluding carboxylic acids is 1. The van der Waals surface area contributed by atoms with Crippen molar-refractivity contribution in [2.45, 2.75) is 32.5 Å². The Morgan fingerprint density at radius 1 is 1.36 bits per heavy atom. The van der Waals surface area contributed by atoms with Crippen LogP contribution in [-0.2, 0) is 24.3 Å². The van der Waals surface area contributed by atoms with E-state index in [9.17, 15) is 4.79 Å². The van der Waals surface area contributed by atoms with Crippen molar-refractivity contribution < 1.29 is 14.3 Å². The Morgan fingerprint density at radius 3 is 3.16 bits per heavy atom. The van der Waals surface area contributed by atoms with Crippen LogP contribution in [-0.4, -0.2) is 40.2 Å². The molecule has 0 radical (unpaired) electrons. The first-order valence-corrected chi connectivity index (χ1v) is 8.39. The molecule has 7 nitrogen and oxygen atoms in total. The molecule has 1 atom stereocenters. The molecule has 0 saturated heterocycles. The van der Waals surface area contributed by atoms with Crippen LogP contribution in [0, 0.1) is 0 Å². The van der Waals surface area contributed by atoms with Gasteiger partial charge in [-0.2, -0.15) is 0 Å². The highest BCUT2D eigenvalue weighted by Crippen LogP contribution is 2.32. The molecule has 1 aromatic carbocycles. The van der Waals surface area contributed by atoms with Crippen LogP contribution < -0.4 is 14.8 Å². The van der Waals surface area contributed by atoms with E-state index >= 15 is 0 Å². The number of fused-ring (bicyclic) bond motifs is 2. The molecule has 1 amide bonds. The van der Waals surface area contributed by atoms with E-state index in [-0.39, 0.29) is 18.7 Å². The molecule has 1 N–H and O–H groups in total. The van der Waals surface area contributed by atoms with Crippen LogP contribution >= 0.6 is 0 Å². The van der Waals surface area contributed by atoms with Crippen molar-refractivity contribution in [1.29, 1.82) is 0 Å². The fourth-order valence-corrected chi connectivity index (χ4v) is 3.15. The smallest absolute Gasteiger partial charge is 0.237 e. The van der Waals surface area contributed by atoms with Crippen molar-refractivity contribution in [1.82, 2.24) is 20.2 Å². The molecule has 0 unspecified atom stereocenters. The molecule has 0 aliphatic carbocycles. The van der Waals surface area contributed by atoms with Crippen LogP contribution in [0.4, 0.5) is 0 Å². The van der Waals surface area contributed by atoms with Gasteiger partial charge in [0.05, 0.1) is 11.7 Å². The molecule has 2 aromatic rings. The lowest BCUT2D eigenvalue weighted by Gasteiger charge is -2.31. The van der Waals surface area contributed by atoms with Gasteiger partial charge in [-0.15, -0.1) is 0 Å². The first-order valence-electron chi connectivity index (χ1n) is 8.39. The van der Waals surface area contributed by atoms with Gasteiger partial charge >= 0.3 is 0 Å². The van der Waals surface area contributed by atoms with Gasteiger partial charge in [-0.3, -0.25) is 9.69 Å². The number of ether oxygens (including phenoxy) is 2. The molecule has 4 rings (SSSR count). The highest BCUT2D eigenvalue weighted by atomic mass is 16.7. The second kappa shape index (κ2) is 6.68. The number of carbonyl (C=O) groups is 1. The Kier molecular flexibility index (Phi) is 4.23. The zero-order chi connectivity index (χ0) is 17.2. The third-order valence-electron chi connectivity index (χ3n) is 4.73. The zero-order valence-corrected chi connectivity index (χ0v) is 14.1. The van der Waals surface area contributed by atoms with Crippen molar-refractivity contribution in [3.8, 4) is 11.5 Å². The molecule has 0 saturated carbocycles. The highest BCUT2D eigenvalue weighted by molar-refractivity contribution is 5.81. The molecular weight excluding hydrogens is 320 g/mol. The van der Waals surface area contributed by atoms with Crippen molar-refractivity contribution in [2.24, 2.45) is 0 Å². The summed E-state index contributed by atoms with van der Waals surface area (Å²) in [6, 6.07) is 5.50. The quantitative estimate of drug-likeness (QED) is 0.903. The topological polar surface area (TPSA) is 76.6 Å². The monoisotopic (exact) mass is 340 g/mol. The molecule has 0 fully saturated rings. The van der Waals surface area contributed by atoms with Crippen LogP contribution in [0.3, 0.4) is 0 Å². The number of hydrogen-bond acceptors (Lipinski definition) is 6. The Balaban J connectivity index is 1.35. The van der Waals surface area contributed by atoms with Gasteiger partial charge < -0.3 is 14.8 Å². The van der Waals surface area contributed by atoms with Crippen molar-refractivity contribution in [2.75, 3.05) is 13.3 Å². The maximum Gasteiger partial charge on any atom is 0.237 e. The standard InChI is InChI=1S/C18H20N4O3/c1-12(22-5-4-14-8-19-10-21-15(14)9-22)18(23)20-7-13-2-3-16-17(6-13)25-11-24-16/h2-3,6,8,10,12H,4-5,7,9,11H2,1H3,(H,20,23)/t12-/m1/s1. The van der Waals surface area contributed by atoms with E-state index in [0.29, 0.717) is 13.1 Å². The molecule has 130 valence electrons. The zero-order valence-electron chi connectivity index (χ0n) is 14.1. The third-order valence-corrected chi connectivity index (χ3v) is 4.73. The fraction of sp³-hybridized carbons (Fsp3) is 0.389. The first-order chi connectivity index (χ1) is 12.2. The van der Waals surface area contributed by atoms with Gasteiger partial charge in [0.15, 0.2) is 11.5 Å².